The fourth-order valence-electron chi connectivity index (χ4n) is 5.02. The number of piperidine rings is 1. The molecular weight excluding hydrogens is 264 g/mol. The third-order valence-corrected chi connectivity index (χ3v) is 6.31. The van der Waals surface area contributed by atoms with E-state index in [-0.39, 0.29) is 24.0 Å². The van der Waals surface area contributed by atoms with Gasteiger partial charge in [0.1, 0.15) is 6.61 Å². The van der Waals surface area contributed by atoms with Crippen LogP contribution in [0.4, 0.5) is 0 Å². The van der Waals surface area contributed by atoms with Crippen molar-refractivity contribution >= 4 is 5.91 Å². The molecule has 1 aliphatic heterocycles. The van der Waals surface area contributed by atoms with Gasteiger partial charge in [-0.3, -0.25) is 4.79 Å². The molecule has 0 spiro atoms. The van der Waals surface area contributed by atoms with Crippen LogP contribution in [0.1, 0.15) is 52.9 Å². The van der Waals surface area contributed by atoms with Gasteiger partial charge in [-0.05, 0) is 61.9 Å². The highest BCUT2D eigenvalue weighted by molar-refractivity contribution is 5.77. The molecule has 3 aliphatic rings. The Labute approximate surface area is 128 Å². The second kappa shape index (κ2) is 5.54. The van der Waals surface area contributed by atoms with Gasteiger partial charge in [-0.25, -0.2) is 0 Å². The van der Waals surface area contributed by atoms with Crippen molar-refractivity contribution < 1.29 is 9.53 Å². The Morgan fingerprint density at radius 1 is 1.24 bits per heavy atom. The second-order valence-electron chi connectivity index (χ2n) is 8.18. The third-order valence-electron chi connectivity index (χ3n) is 6.31. The van der Waals surface area contributed by atoms with Crippen LogP contribution in [0.15, 0.2) is 0 Å². The largest absolute Gasteiger partial charge is 0.368 e. The van der Waals surface area contributed by atoms with Gasteiger partial charge in [-0.1, -0.05) is 20.8 Å². The summed E-state index contributed by atoms with van der Waals surface area (Å²) < 4.78 is 5.78. The summed E-state index contributed by atoms with van der Waals surface area (Å²) in [6, 6.07) is 0.299. The predicted octanol–water partition coefficient (Wildman–Crippen LogP) is 2.09. The molecule has 0 aromatic heterocycles. The van der Waals surface area contributed by atoms with Crippen LogP contribution >= 0.6 is 0 Å². The molecular formula is C17H30N2O2. The number of ether oxygens (including phenoxy) is 1. The molecule has 4 nitrogen and oxygen atoms in total. The second-order valence-corrected chi connectivity index (χ2v) is 8.18. The predicted molar refractivity (Wildman–Crippen MR) is 83.0 cm³/mol. The Bertz CT molecular complexity index is 399. The highest BCUT2D eigenvalue weighted by Crippen LogP contribution is 2.62. The zero-order chi connectivity index (χ0) is 15.1. The normalized spacial score (nSPS) is 38.6. The number of amides is 1. The fraction of sp³-hybridized carbons (Fsp3) is 0.941. The van der Waals surface area contributed by atoms with Crippen LogP contribution < -0.4 is 10.6 Å². The van der Waals surface area contributed by atoms with E-state index in [4.69, 9.17) is 4.74 Å². The smallest absolute Gasteiger partial charge is 0.246 e. The van der Waals surface area contributed by atoms with Crippen LogP contribution in [0.3, 0.4) is 0 Å². The zero-order valence-corrected chi connectivity index (χ0v) is 13.7. The van der Waals surface area contributed by atoms with Crippen molar-refractivity contribution in [1.29, 1.82) is 0 Å². The number of fused-ring (bicyclic) bond motifs is 2. The Kier molecular flexibility index (Phi) is 4.04. The molecule has 2 bridgehead atoms. The molecule has 3 fully saturated rings. The van der Waals surface area contributed by atoms with E-state index in [1.807, 2.05) is 0 Å². The van der Waals surface area contributed by atoms with Gasteiger partial charge in [0.2, 0.25) is 5.91 Å². The minimum Gasteiger partial charge on any atom is -0.368 e. The van der Waals surface area contributed by atoms with Crippen molar-refractivity contribution in [2.45, 2.75) is 65.0 Å². The maximum absolute atomic E-state index is 12.3. The molecule has 1 amide bonds. The summed E-state index contributed by atoms with van der Waals surface area (Å²) in [4.78, 5) is 12.3. The molecule has 2 N–H and O–H groups in total. The number of rotatable bonds is 4. The lowest BCUT2D eigenvalue weighted by molar-refractivity contribution is -0.131. The van der Waals surface area contributed by atoms with Crippen LogP contribution in [0.25, 0.3) is 0 Å². The lowest BCUT2D eigenvalue weighted by Gasteiger charge is -2.43. The van der Waals surface area contributed by atoms with E-state index >= 15 is 0 Å². The minimum atomic E-state index is 0.0698. The average Bonchev–Trinajstić information content (AvgIpc) is 2.94. The number of nitrogens with one attached hydrogen (secondary N) is 2. The van der Waals surface area contributed by atoms with Crippen molar-refractivity contribution in [2.24, 2.45) is 16.7 Å². The van der Waals surface area contributed by atoms with Crippen LogP contribution in [0.2, 0.25) is 0 Å². The average molecular weight is 294 g/mol. The van der Waals surface area contributed by atoms with Crippen molar-refractivity contribution in [2.75, 3.05) is 19.7 Å². The fourth-order valence-corrected chi connectivity index (χ4v) is 5.02. The molecule has 0 aromatic carbocycles. The standard InChI is InChI=1S/C17H30N2O2/c1-16(2)12-4-7-17(3,10-12)15(16)19-14(20)11-21-13-5-8-18-9-6-13/h12-13,15,18H,4-11H2,1-3H3,(H,19,20). The molecule has 3 rings (SSSR count). The molecule has 3 unspecified atom stereocenters. The van der Waals surface area contributed by atoms with E-state index in [1.165, 1.54) is 19.3 Å². The van der Waals surface area contributed by atoms with Crippen molar-refractivity contribution in [3.05, 3.63) is 0 Å². The van der Waals surface area contributed by atoms with Crippen molar-refractivity contribution in [3.63, 3.8) is 0 Å². The van der Waals surface area contributed by atoms with Crippen LogP contribution in [-0.4, -0.2) is 37.7 Å². The van der Waals surface area contributed by atoms with Crippen LogP contribution in [-0.2, 0) is 9.53 Å². The Morgan fingerprint density at radius 2 is 1.95 bits per heavy atom. The summed E-state index contributed by atoms with van der Waals surface area (Å²) in [5.74, 6) is 0.832. The van der Waals surface area contributed by atoms with Gasteiger partial charge in [-0.2, -0.15) is 0 Å². The van der Waals surface area contributed by atoms with Gasteiger partial charge in [0.05, 0.1) is 6.10 Å². The molecule has 1 heterocycles. The summed E-state index contributed by atoms with van der Waals surface area (Å²) in [6.45, 7) is 9.21. The van der Waals surface area contributed by atoms with E-state index in [9.17, 15) is 4.79 Å². The molecule has 3 atom stereocenters. The number of hydrogen-bond acceptors (Lipinski definition) is 3. The van der Waals surface area contributed by atoms with Gasteiger partial charge in [-0.15, -0.1) is 0 Å². The first-order valence-electron chi connectivity index (χ1n) is 8.53. The first-order valence-corrected chi connectivity index (χ1v) is 8.53. The van der Waals surface area contributed by atoms with E-state index in [0.717, 1.165) is 31.8 Å². The van der Waals surface area contributed by atoms with E-state index in [0.29, 0.717) is 11.5 Å². The van der Waals surface area contributed by atoms with E-state index in [2.05, 4.69) is 31.4 Å². The van der Waals surface area contributed by atoms with Crippen LogP contribution in [0, 0.1) is 16.7 Å². The quantitative estimate of drug-likeness (QED) is 0.835. The lowest BCUT2D eigenvalue weighted by atomic mass is 9.68. The molecule has 0 aromatic rings. The first-order chi connectivity index (χ1) is 9.92. The molecule has 2 aliphatic carbocycles. The molecule has 0 radical (unpaired) electrons. The van der Waals surface area contributed by atoms with Gasteiger partial charge in [0, 0.05) is 6.04 Å². The number of carbonyl (C=O) groups excluding carboxylic acids is 1. The van der Waals surface area contributed by atoms with Gasteiger partial charge >= 0.3 is 0 Å². The molecule has 1 saturated heterocycles. The summed E-state index contributed by atoms with van der Waals surface area (Å²) in [6.07, 6.45) is 6.12. The molecule has 120 valence electrons. The summed E-state index contributed by atoms with van der Waals surface area (Å²) in [5.41, 5.74) is 0.510. The maximum atomic E-state index is 12.3. The van der Waals surface area contributed by atoms with E-state index < -0.39 is 0 Å². The van der Waals surface area contributed by atoms with Gasteiger partial charge < -0.3 is 15.4 Å². The van der Waals surface area contributed by atoms with E-state index in [1.54, 1.807) is 0 Å². The topological polar surface area (TPSA) is 50.4 Å². The van der Waals surface area contributed by atoms with Crippen molar-refractivity contribution in [3.8, 4) is 0 Å². The Balaban J connectivity index is 1.52. The Morgan fingerprint density at radius 3 is 2.57 bits per heavy atom. The summed E-state index contributed by atoms with van der Waals surface area (Å²) in [5, 5.41) is 6.62. The number of hydrogen-bond donors (Lipinski definition) is 2. The summed E-state index contributed by atoms with van der Waals surface area (Å²) in [7, 11) is 0. The minimum absolute atomic E-state index is 0.0698. The van der Waals surface area contributed by atoms with Gasteiger partial charge in [0.15, 0.2) is 0 Å². The first kappa shape index (κ1) is 15.3. The lowest BCUT2D eigenvalue weighted by Crippen LogP contribution is -2.53. The SMILES string of the molecule is CC12CCC(C1)C(C)(C)C2NC(=O)COC1CCNCC1. The van der Waals surface area contributed by atoms with Crippen molar-refractivity contribution in [1.82, 2.24) is 10.6 Å². The zero-order valence-electron chi connectivity index (χ0n) is 13.7. The summed E-state index contributed by atoms with van der Waals surface area (Å²) >= 11 is 0. The van der Waals surface area contributed by atoms with Crippen LogP contribution in [0.5, 0.6) is 0 Å². The maximum Gasteiger partial charge on any atom is 0.246 e. The molecule has 4 heteroatoms. The highest BCUT2D eigenvalue weighted by Gasteiger charge is 2.59. The monoisotopic (exact) mass is 294 g/mol. The molecule has 21 heavy (non-hydrogen) atoms. The third kappa shape index (κ3) is 2.85. The Hall–Kier alpha value is -0.610. The van der Waals surface area contributed by atoms with Gasteiger partial charge in [0.25, 0.3) is 0 Å². The molecule has 2 saturated carbocycles. The highest BCUT2D eigenvalue weighted by atomic mass is 16.5. The number of carbonyl (C=O) groups is 1.